The van der Waals surface area contributed by atoms with E-state index in [0.29, 0.717) is 61.2 Å². The number of benzene rings is 4. The lowest BCUT2D eigenvalue weighted by molar-refractivity contribution is -0.135. The van der Waals surface area contributed by atoms with Gasteiger partial charge < -0.3 is 39.3 Å². The maximum Gasteiger partial charge on any atom is 0.368 e. The highest BCUT2D eigenvalue weighted by Gasteiger charge is 2.44. The lowest BCUT2D eigenvalue weighted by Gasteiger charge is -2.36. The fourth-order valence-electron chi connectivity index (χ4n) is 8.97. The van der Waals surface area contributed by atoms with E-state index in [4.69, 9.17) is 19.7 Å². The highest BCUT2D eigenvalue weighted by molar-refractivity contribution is 7.92. The molecule has 0 amide bonds. The molecular formula is C52H66F2N4O10S2. The molecule has 6 rings (SSSR count). The molecule has 380 valence electrons. The highest BCUT2D eigenvalue weighted by atomic mass is 32.2. The van der Waals surface area contributed by atoms with Gasteiger partial charge in [0.05, 0.1) is 44.0 Å². The first-order chi connectivity index (χ1) is 33.1. The van der Waals surface area contributed by atoms with E-state index in [-0.39, 0.29) is 32.8 Å². The molecule has 0 fully saturated rings. The minimum absolute atomic E-state index is 0.0209. The molecule has 2 atom stereocenters. The number of carboxylic acid groups (broad SMARTS) is 2. The molecule has 4 aromatic carbocycles. The van der Waals surface area contributed by atoms with Gasteiger partial charge in [-0.2, -0.15) is 8.78 Å². The Morgan fingerprint density at radius 2 is 0.957 bits per heavy atom. The zero-order valence-corrected chi connectivity index (χ0v) is 42.9. The maximum atomic E-state index is 13.8. The molecule has 2 N–H and O–H groups in total. The molecule has 0 saturated carbocycles. The van der Waals surface area contributed by atoms with Crippen LogP contribution in [0.15, 0.2) is 119 Å². The van der Waals surface area contributed by atoms with Crippen molar-refractivity contribution in [2.24, 2.45) is 10.8 Å². The molecule has 70 heavy (non-hydrogen) atoms. The fourth-order valence-corrected chi connectivity index (χ4v) is 13.3. The Morgan fingerprint density at radius 1 is 0.614 bits per heavy atom. The van der Waals surface area contributed by atoms with Gasteiger partial charge in [-0.3, -0.25) is 0 Å². The summed E-state index contributed by atoms with van der Waals surface area (Å²) in [6.45, 7) is 9.30. The van der Waals surface area contributed by atoms with Gasteiger partial charge in [-0.15, -0.1) is 0 Å². The summed E-state index contributed by atoms with van der Waals surface area (Å²) >= 11 is 0. The number of halogens is 2. The van der Waals surface area contributed by atoms with Crippen LogP contribution in [-0.4, -0.2) is 91.8 Å². The number of anilines is 6. The lowest BCUT2D eigenvalue weighted by Crippen LogP contribution is -2.37. The molecule has 0 saturated heterocycles. The van der Waals surface area contributed by atoms with Crippen LogP contribution in [0.25, 0.3) is 0 Å². The number of ether oxygens (including phenoxy) is 2. The van der Waals surface area contributed by atoms with Crippen LogP contribution in [0.4, 0.5) is 42.9 Å². The minimum atomic E-state index is -3.76. The number of rotatable bonds is 18. The molecule has 0 unspecified atom stereocenters. The van der Waals surface area contributed by atoms with Crippen molar-refractivity contribution >= 4 is 65.7 Å². The van der Waals surface area contributed by atoms with Crippen LogP contribution >= 0.6 is 0 Å². The van der Waals surface area contributed by atoms with Crippen LogP contribution in [0.3, 0.4) is 0 Å². The Labute approximate surface area is 411 Å². The first-order valence-corrected chi connectivity index (χ1v) is 26.7. The molecule has 4 aromatic rings. The van der Waals surface area contributed by atoms with Crippen molar-refractivity contribution in [3.63, 3.8) is 0 Å². The smallest absolute Gasteiger partial charge is 0.368 e. The average molecular weight is 1010 g/mol. The number of sulfone groups is 2. The van der Waals surface area contributed by atoms with Crippen LogP contribution in [-0.2, 0) is 29.3 Å². The van der Waals surface area contributed by atoms with Gasteiger partial charge in [-0.25, -0.2) is 26.4 Å². The Balaban J connectivity index is 0.000000261. The van der Waals surface area contributed by atoms with E-state index >= 15 is 0 Å². The number of carboxylic acids is 2. The van der Waals surface area contributed by atoms with Gasteiger partial charge >= 0.3 is 11.9 Å². The molecule has 14 nitrogen and oxygen atoms in total. The first-order valence-electron chi connectivity index (χ1n) is 23.4. The quantitative estimate of drug-likeness (QED) is 0.0711. The summed E-state index contributed by atoms with van der Waals surface area (Å²) in [6, 6.07) is 25.5. The molecule has 2 aliphatic rings. The highest BCUT2D eigenvalue weighted by Crippen LogP contribution is 2.49. The van der Waals surface area contributed by atoms with Crippen molar-refractivity contribution < 1.29 is 54.9 Å². The average Bonchev–Trinajstić information content (AvgIpc) is 3.50. The SMILES string of the molecule is CCCC[C@@]1(CC)CN(c2ccccc2)c2cc(N(C)C)c(O/C=C(\F)C(=O)O)cc2S(=O)(=O)C1.CCCC[C@]1(CC)CN(c2ccccc2)c2cc(N(C)C)c(O/C=C(\F)C(=O)O)cc2S(=O)(=O)C1. The molecule has 0 bridgehead atoms. The lowest BCUT2D eigenvalue weighted by atomic mass is 9.81. The number of para-hydroxylation sites is 2. The zero-order chi connectivity index (χ0) is 51.6. The number of nitrogens with zero attached hydrogens (tertiary/aromatic N) is 4. The van der Waals surface area contributed by atoms with Crippen molar-refractivity contribution in [3.05, 3.63) is 109 Å². The van der Waals surface area contributed by atoms with Gasteiger partial charge in [-0.05, 0) is 62.1 Å². The predicted octanol–water partition coefficient (Wildman–Crippen LogP) is 11.1. The van der Waals surface area contributed by atoms with Crippen LogP contribution < -0.4 is 29.1 Å². The molecule has 0 radical (unpaired) electrons. The fraction of sp³-hybridized carbons (Fsp3) is 0.423. The number of unbranched alkanes of at least 4 members (excludes halogenated alkanes) is 2. The van der Waals surface area contributed by atoms with Gasteiger partial charge in [-0.1, -0.05) is 89.8 Å². The van der Waals surface area contributed by atoms with E-state index in [1.807, 2.05) is 84.3 Å². The molecule has 18 heteroatoms. The minimum Gasteiger partial charge on any atom is -0.476 e. The third-order valence-electron chi connectivity index (χ3n) is 13.0. The molecule has 2 aliphatic heterocycles. The van der Waals surface area contributed by atoms with Crippen molar-refractivity contribution in [1.82, 2.24) is 0 Å². The molecule has 0 spiro atoms. The van der Waals surface area contributed by atoms with Gasteiger partial charge in [0, 0.05) is 75.6 Å². The normalized spacial score (nSPS) is 19.6. The summed E-state index contributed by atoms with van der Waals surface area (Å²) in [5.74, 6) is -6.43. The predicted molar refractivity (Wildman–Crippen MR) is 272 cm³/mol. The Kier molecular flexibility index (Phi) is 18.1. The van der Waals surface area contributed by atoms with Gasteiger partial charge in [0.15, 0.2) is 31.2 Å². The van der Waals surface area contributed by atoms with Crippen molar-refractivity contribution in [2.75, 3.05) is 72.4 Å². The van der Waals surface area contributed by atoms with E-state index < -0.39 is 54.1 Å². The number of fused-ring (bicyclic) bond motifs is 2. The molecular weight excluding hydrogens is 943 g/mol. The number of hydrogen-bond acceptors (Lipinski definition) is 12. The van der Waals surface area contributed by atoms with Gasteiger partial charge in [0.25, 0.3) is 0 Å². The van der Waals surface area contributed by atoms with Crippen molar-refractivity contribution in [2.45, 2.75) is 88.9 Å². The number of hydrogen-bond donors (Lipinski definition) is 2. The number of carbonyl (C=O) groups is 2. The van der Waals surface area contributed by atoms with E-state index in [1.165, 1.54) is 12.1 Å². The summed E-state index contributed by atoms with van der Waals surface area (Å²) < 4.78 is 93.2. The Hall–Kier alpha value is -6.14. The third kappa shape index (κ3) is 12.8. The van der Waals surface area contributed by atoms with E-state index in [9.17, 15) is 35.2 Å². The van der Waals surface area contributed by atoms with Crippen molar-refractivity contribution in [3.8, 4) is 11.5 Å². The standard InChI is InChI=1S/2C26H33FN2O5S/c2*1-5-7-13-26(6-2)17-29(19-11-9-8-10-12-19)22-14-21(28(3)4)23(34-16-20(27)25(30)31)15-24(22)35(32,33)18-26/h2*8-12,14-16H,5-7,13,17-18H2,1-4H3,(H,30,31)/b2*20-16-/t2*26-/m10/s1. The van der Waals surface area contributed by atoms with Crippen LogP contribution in [0, 0.1) is 10.8 Å². The van der Waals surface area contributed by atoms with Gasteiger partial charge in [0.2, 0.25) is 11.7 Å². The third-order valence-corrected chi connectivity index (χ3v) is 17.0. The number of aliphatic carboxylic acids is 2. The van der Waals surface area contributed by atoms with E-state index in [1.54, 1.807) is 50.1 Å². The van der Waals surface area contributed by atoms with Gasteiger partial charge in [0.1, 0.15) is 12.5 Å². The largest absolute Gasteiger partial charge is 0.476 e. The maximum absolute atomic E-state index is 13.8. The molecule has 0 aliphatic carbocycles. The summed E-state index contributed by atoms with van der Waals surface area (Å²) in [4.78, 5) is 29.4. The zero-order valence-electron chi connectivity index (χ0n) is 41.2. The second-order valence-corrected chi connectivity index (χ2v) is 22.3. The molecule has 2 heterocycles. The van der Waals surface area contributed by atoms with Crippen LogP contribution in [0.2, 0.25) is 0 Å². The topological polar surface area (TPSA) is 174 Å². The van der Waals surface area contributed by atoms with Crippen LogP contribution in [0.5, 0.6) is 11.5 Å². The second kappa shape index (κ2) is 23.2. The molecule has 0 aromatic heterocycles. The summed E-state index contributed by atoms with van der Waals surface area (Å²) in [5, 5.41) is 17.7. The first kappa shape index (κ1) is 54.8. The van der Waals surface area contributed by atoms with E-state index in [0.717, 1.165) is 49.9 Å². The summed E-state index contributed by atoms with van der Waals surface area (Å²) in [7, 11) is -0.515. The van der Waals surface area contributed by atoms with E-state index in [2.05, 4.69) is 13.8 Å². The Bertz CT molecular complexity index is 2580. The summed E-state index contributed by atoms with van der Waals surface area (Å²) in [6.07, 6.45) is 7.65. The Morgan fingerprint density at radius 3 is 1.24 bits per heavy atom. The second-order valence-electron chi connectivity index (χ2n) is 18.4. The summed E-state index contributed by atoms with van der Waals surface area (Å²) in [5.41, 5.74) is 2.84. The monoisotopic (exact) mass is 1010 g/mol. The van der Waals surface area contributed by atoms with Crippen LogP contribution in [0.1, 0.15) is 79.1 Å². The van der Waals surface area contributed by atoms with Crippen molar-refractivity contribution in [1.29, 1.82) is 0 Å².